The van der Waals surface area contributed by atoms with E-state index in [-0.39, 0.29) is 0 Å². The highest BCUT2D eigenvalue weighted by Gasteiger charge is 1.97. The Morgan fingerprint density at radius 1 is 1.40 bits per heavy atom. The van der Waals surface area contributed by atoms with Gasteiger partial charge in [-0.05, 0) is 12.1 Å². The van der Waals surface area contributed by atoms with E-state index < -0.39 is 21.2 Å². The standard InChI is InChI=1S/C7H7IO2/c1-10-7-5-3-2-4-6(7)8-9/h2-5H,1H3. The summed E-state index contributed by atoms with van der Waals surface area (Å²) in [6, 6.07) is 7.35. The third kappa shape index (κ3) is 1.53. The van der Waals surface area contributed by atoms with Crippen molar-refractivity contribution in [1.82, 2.24) is 0 Å². The molecule has 0 heterocycles. The van der Waals surface area contributed by atoms with Crippen LogP contribution in [-0.4, -0.2) is 7.11 Å². The van der Waals surface area contributed by atoms with Crippen LogP contribution in [0.5, 0.6) is 5.75 Å². The van der Waals surface area contributed by atoms with Gasteiger partial charge in [-0.1, -0.05) is 12.1 Å². The summed E-state index contributed by atoms with van der Waals surface area (Å²) in [5, 5.41) is 0. The molecule has 0 atom stereocenters. The van der Waals surface area contributed by atoms with Gasteiger partial charge in [0.05, 0.1) is 10.7 Å². The third-order valence-corrected chi connectivity index (χ3v) is 2.51. The van der Waals surface area contributed by atoms with E-state index in [1.54, 1.807) is 7.11 Å². The molecule has 0 aliphatic rings. The van der Waals surface area contributed by atoms with Crippen LogP contribution in [0, 0.1) is 3.57 Å². The summed E-state index contributed by atoms with van der Waals surface area (Å²) >= 11 is -1.09. The zero-order chi connectivity index (χ0) is 7.40. The molecule has 54 valence electrons. The minimum Gasteiger partial charge on any atom is -0.496 e. The highest BCUT2D eigenvalue weighted by atomic mass is 127. The average Bonchev–Trinajstić information content (AvgIpc) is 2.04. The lowest BCUT2D eigenvalue weighted by atomic mass is 10.3. The maximum absolute atomic E-state index is 10.5. The van der Waals surface area contributed by atoms with Crippen LogP contribution in [0.15, 0.2) is 24.3 Å². The molecule has 10 heavy (non-hydrogen) atoms. The fourth-order valence-corrected chi connectivity index (χ4v) is 1.65. The average molecular weight is 250 g/mol. The molecule has 1 aromatic rings. The summed E-state index contributed by atoms with van der Waals surface area (Å²) < 4.78 is 16.3. The van der Waals surface area contributed by atoms with Crippen molar-refractivity contribution in [3.8, 4) is 5.75 Å². The molecule has 0 radical (unpaired) electrons. The first-order chi connectivity index (χ1) is 4.88. The number of hydrogen-bond acceptors (Lipinski definition) is 2. The number of halogens is 1. The van der Waals surface area contributed by atoms with E-state index in [1.165, 1.54) is 0 Å². The van der Waals surface area contributed by atoms with E-state index in [0.717, 1.165) is 9.32 Å². The Bertz CT molecular complexity index is 235. The van der Waals surface area contributed by atoms with Crippen molar-refractivity contribution in [3.05, 3.63) is 27.8 Å². The number of methoxy groups -OCH3 is 1. The summed E-state index contributed by atoms with van der Waals surface area (Å²) in [5.41, 5.74) is 0. The molecule has 0 unspecified atom stereocenters. The van der Waals surface area contributed by atoms with E-state index in [9.17, 15) is 3.07 Å². The van der Waals surface area contributed by atoms with Crippen molar-refractivity contribution in [2.24, 2.45) is 0 Å². The number of para-hydroxylation sites is 1. The van der Waals surface area contributed by atoms with Gasteiger partial charge in [0.2, 0.25) is 0 Å². The topological polar surface area (TPSA) is 26.3 Å². The highest BCUT2D eigenvalue weighted by molar-refractivity contribution is 14.1. The molecule has 0 spiro atoms. The largest absolute Gasteiger partial charge is 0.496 e. The second-order valence-corrected chi connectivity index (χ2v) is 3.31. The maximum Gasteiger partial charge on any atom is 0.185 e. The van der Waals surface area contributed by atoms with Crippen molar-refractivity contribution in [2.75, 3.05) is 7.11 Å². The predicted molar refractivity (Wildman–Crippen MR) is 46.4 cm³/mol. The molecule has 0 aliphatic heterocycles. The smallest absolute Gasteiger partial charge is 0.185 e. The molecular weight excluding hydrogens is 243 g/mol. The fourth-order valence-electron chi connectivity index (χ4n) is 0.674. The maximum atomic E-state index is 10.5. The van der Waals surface area contributed by atoms with Gasteiger partial charge in [-0.2, -0.15) is 0 Å². The Hall–Kier alpha value is -0.450. The third-order valence-electron chi connectivity index (χ3n) is 1.14. The van der Waals surface area contributed by atoms with Gasteiger partial charge in [-0.25, -0.2) is 0 Å². The number of hydrogen-bond donors (Lipinski definition) is 0. The molecule has 2 nitrogen and oxygen atoms in total. The van der Waals surface area contributed by atoms with Crippen LogP contribution in [-0.2, 0) is 3.07 Å². The molecule has 0 bridgehead atoms. The lowest BCUT2D eigenvalue weighted by Crippen LogP contribution is -1.84. The SMILES string of the molecule is COc1ccccc1I=O. The fraction of sp³-hybridized carbons (Fsp3) is 0.143. The molecule has 1 rings (SSSR count). The van der Waals surface area contributed by atoms with E-state index in [2.05, 4.69) is 0 Å². The van der Waals surface area contributed by atoms with Crippen LogP contribution in [0.25, 0.3) is 0 Å². The summed E-state index contributed by atoms with van der Waals surface area (Å²) in [6.45, 7) is 0. The van der Waals surface area contributed by atoms with Crippen molar-refractivity contribution in [3.63, 3.8) is 0 Å². The molecule has 0 aromatic heterocycles. The lowest BCUT2D eigenvalue weighted by Gasteiger charge is -1.98. The van der Waals surface area contributed by atoms with Crippen LogP contribution in [0.4, 0.5) is 0 Å². The Morgan fingerprint density at radius 3 is 2.60 bits per heavy atom. The second-order valence-electron chi connectivity index (χ2n) is 1.71. The van der Waals surface area contributed by atoms with Crippen LogP contribution >= 0.6 is 21.2 Å². The molecule has 0 N–H and O–H groups in total. The van der Waals surface area contributed by atoms with Crippen LogP contribution in [0.1, 0.15) is 0 Å². The Balaban J connectivity index is 3.08. The van der Waals surface area contributed by atoms with Crippen molar-refractivity contribution in [2.45, 2.75) is 0 Å². The zero-order valence-corrected chi connectivity index (χ0v) is 7.66. The van der Waals surface area contributed by atoms with Gasteiger partial charge in [-0.3, -0.25) is 3.07 Å². The first-order valence-corrected chi connectivity index (χ1v) is 4.74. The van der Waals surface area contributed by atoms with Crippen molar-refractivity contribution >= 4 is 21.2 Å². The normalized spacial score (nSPS) is 9.30. The number of rotatable bonds is 2. The van der Waals surface area contributed by atoms with Gasteiger partial charge in [-0.15, -0.1) is 0 Å². The zero-order valence-electron chi connectivity index (χ0n) is 5.50. The molecule has 0 aliphatic carbocycles. The molecule has 3 heteroatoms. The first-order valence-electron chi connectivity index (χ1n) is 2.78. The highest BCUT2D eigenvalue weighted by Crippen LogP contribution is 2.21. The van der Waals surface area contributed by atoms with E-state index in [0.29, 0.717) is 0 Å². The van der Waals surface area contributed by atoms with Gasteiger partial charge >= 0.3 is 0 Å². The van der Waals surface area contributed by atoms with Crippen LogP contribution in [0.2, 0.25) is 0 Å². The minimum absolute atomic E-state index is 0.727. The first kappa shape index (κ1) is 7.65. The van der Waals surface area contributed by atoms with E-state index in [1.807, 2.05) is 24.3 Å². The van der Waals surface area contributed by atoms with Crippen LogP contribution < -0.4 is 4.74 Å². The van der Waals surface area contributed by atoms with Crippen molar-refractivity contribution in [1.29, 1.82) is 0 Å². The Labute approximate surface area is 69.8 Å². The second kappa shape index (κ2) is 3.65. The molecular formula is C7H7IO2. The van der Waals surface area contributed by atoms with E-state index in [4.69, 9.17) is 4.74 Å². The number of benzene rings is 1. The number of ether oxygens (including phenoxy) is 1. The molecule has 1 aromatic carbocycles. The summed E-state index contributed by atoms with van der Waals surface area (Å²) in [6.07, 6.45) is 0. The summed E-state index contributed by atoms with van der Waals surface area (Å²) in [5.74, 6) is 0.727. The summed E-state index contributed by atoms with van der Waals surface area (Å²) in [7, 11) is 1.58. The Morgan fingerprint density at radius 2 is 2.10 bits per heavy atom. The predicted octanol–water partition coefficient (Wildman–Crippen LogP) is 2.18. The summed E-state index contributed by atoms with van der Waals surface area (Å²) in [4.78, 5) is 0. The van der Waals surface area contributed by atoms with Gasteiger partial charge < -0.3 is 4.74 Å². The quantitative estimate of drug-likeness (QED) is 0.752. The van der Waals surface area contributed by atoms with Crippen LogP contribution in [0.3, 0.4) is 0 Å². The van der Waals surface area contributed by atoms with Gasteiger partial charge in [0.1, 0.15) is 5.75 Å². The molecule has 0 saturated carbocycles. The molecule has 0 amide bonds. The lowest BCUT2D eigenvalue weighted by molar-refractivity contribution is 0.411. The monoisotopic (exact) mass is 250 g/mol. The minimum atomic E-state index is -1.09. The molecule has 0 saturated heterocycles. The molecule has 0 fully saturated rings. The van der Waals surface area contributed by atoms with Gasteiger partial charge in [0.15, 0.2) is 21.2 Å². The van der Waals surface area contributed by atoms with Gasteiger partial charge in [0, 0.05) is 0 Å². The Kier molecular flexibility index (Phi) is 2.80. The van der Waals surface area contributed by atoms with Gasteiger partial charge in [0.25, 0.3) is 0 Å². The van der Waals surface area contributed by atoms with E-state index >= 15 is 0 Å². The van der Waals surface area contributed by atoms with Crippen molar-refractivity contribution < 1.29 is 7.81 Å².